The van der Waals surface area contributed by atoms with Gasteiger partial charge in [-0.15, -0.1) is 11.3 Å². The molecule has 0 bridgehead atoms. The van der Waals surface area contributed by atoms with Crippen LogP contribution >= 0.6 is 27.3 Å². The molecule has 104 valence electrons. The molecule has 1 saturated heterocycles. The molecule has 1 amide bonds. The number of anilines is 2. The highest BCUT2D eigenvalue weighted by atomic mass is 79.9. The average molecular weight is 352 g/mol. The van der Waals surface area contributed by atoms with Crippen LogP contribution in [0.5, 0.6) is 0 Å². The molecule has 1 aliphatic heterocycles. The summed E-state index contributed by atoms with van der Waals surface area (Å²) in [5.41, 5.74) is 1.44. The molecule has 0 aliphatic carbocycles. The Bertz CT molecular complexity index is 622. The van der Waals surface area contributed by atoms with E-state index in [0.717, 1.165) is 28.4 Å². The van der Waals surface area contributed by atoms with Gasteiger partial charge in [0, 0.05) is 24.7 Å². The Morgan fingerprint density at radius 2 is 2.20 bits per heavy atom. The molecule has 0 unspecified atom stereocenters. The number of rotatable bonds is 3. The van der Waals surface area contributed by atoms with E-state index in [4.69, 9.17) is 0 Å². The average Bonchev–Trinajstić information content (AvgIpc) is 3.10. The number of nitrogens with zero attached hydrogens (tertiary/aromatic N) is 2. The first-order chi connectivity index (χ1) is 9.74. The maximum absolute atomic E-state index is 12.2. The van der Waals surface area contributed by atoms with Gasteiger partial charge in [-0.1, -0.05) is 0 Å². The fourth-order valence-corrected chi connectivity index (χ4v) is 3.44. The Balaban J connectivity index is 1.81. The van der Waals surface area contributed by atoms with Crippen LogP contribution in [0.15, 0.2) is 33.6 Å². The van der Waals surface area contributed by atoms with Gasteiger partial charge in [0.1, 0.15) is 0 Å². The van der Waals surface area contributed by atoms with Crippen molar-refractivity contribution >= 4 is 44.7 Å². The summed E-state index contributed by atoms with van der Waals surface area (Å²) >= 11 is 4.87. The molecule has 6 heteroatoms. The van der Waals surface area contributed by atoms with Gasteiger partial charge in [-0.2, -0.15) is 0 Å². The standard InChI is InChI=1S/C14H14BrN3OS/c15-12-8-10(9-20-12)14(19)17-11-4-3-5-16-13(11)18-6-1-2-7-18/h3-5,8-9H,1-2,6-7H2,(H,17,19). The van der Waals surface area contributed by atoms with Gasteiger partial charge in [-0.25, -0.2) is 4.98 Å². The molecule has 3 rings (SSSR count). The second-order valence-electron chi connectivity index (χ2n) is 4.66. The van der Waals surface area contributed by atoms with E-state index in [1.54, 1.807) is 6.20 Å². The van der Waals surface area contributed by atoms with Crippen molar-refractivity contribution < 1.29 is 4.79 Å². The van der Waals surface area contributed by atoms with Gasteiger partial charge in [-0.05, 0) is 47.0 Å². The summed E-state index contributed by atoms with van der Waals surface area (Å²) in [6, 6.07) is 5.57. The molecular weight excluding hydrogens is 338 g/mol. The predicted molar refractivity (Wildman–Crippen MR) is 85.7 cm³/mol. The Kier molecular flexibility index (Phi) is 4.03. The van der Waals surface area contributed by atoms with E-state index in [2.05, 4.69) is 31.1 Å². The van der Waals surface area contributed by atoms with Crippen molar-refractivity contribution in [2.24, 2.45) is 0 Å². The number of pyridine rings is 1. The van der Waals surface area contributed by atoms with Crippen molar-refractivity contribution in [3.63, 3.8) is 0 Å². The molecule has 0 radical (unpaired) electrons. The summed E-state index contributed by atoms with van der Waals surface area (Å²) in [6.45, 7) is 2.01. The molecule has 2 aromatic rings. The fourth-order valence-electron chi connectivity index (χ4n) is 2.30. The summed E-state index contributed by atoms with van der Waals surface area (Å²) in [5.74, 6) is 0.771. The van der Waals surface area contributed by atoms with Crippen molar-refractivity contribution in [3.05, 3.63) is 39.1 Å². The highest BCUT2D eigenvalue weighted by Crippen LogP contribution is 2.27. The first kappa shape index (κ1) is 13.6. The van der Waals surface area contributed by atoms with E-state index in [1.165, 1.54) is 24.2 Å². The van der Waals surface area contributed by atoms with Crippen LogP contribution < -0.4 is 10.2 Å². The molecular formula is C14H14BrN3OS. The number of thiophene rings is 1. The van der Waals surface area contributed by atoms with Crippen LogP contribution in [0, 0.1) is 0 Å². The van der Waals surface area contributed by atoms with Crippen LogP contribution in [0.3, 0.4) is 0 Å². The fraction of sp³-hybridized carbons (Fsp3) is 0.286. The maximum atomic E-state index is 12.2. The molecule has 3 heterocycles. The normalized spacial score (nSPS) is 14.6. The van der Waals surface area contributed by atoms with E-state index in [9.17, 15) is 4.79 Å². The van der Waals surface area contributed by atoms with Crippen LogP contribution in [0.4, 0.5) is 11.5 Å². The van der Waals surface area contributed by atoms with Crippen LogP contribution in [0.2, 0.25) is 0 Å². The smallest absolute Gasteiger partial charge is 0.256 e. The molecule has 0 atom stereocenters. The molecule has 4 nitrogen and oxygen atoms in total. The van der Waals surface area contributed by atoms with Crippen molar-refractivity contribution in [1.82, 2.24) is 4.98 Å². The molecule has 20 heavy (non-hydrogen) atoms. The summed E-state index contributed by atoms with van der Waals surface area (Å²) in [6.07, 6.45) is 4.13. The summed E-state index contributed by atoms with van der Waals surface area (Å²) in [7, 11) is 0. The molecule has 2 aromatic heterocycles. The third kappa shape index (κ3) is 2.86. The Labute approximate surface area is 130 Å². The lowest BCUT2D eigenvalue weighted by molar-refractivity contribution is 0.102. The van der Waals surface area contributed by atoms with Gasteiger partial charge in [0.25, 0.3) is 5.91 Å². The van der Waals surface area contributed by atoms with E-state index in [-0.39, 0.29) is 5.91 Å². The molecule has 0 saturated carbocycles. The quantitative estimate of drug-likeness (QED) is 0.915. The number of hydrogen-bond donors (Lipinski definition) is 1. The number of aromatic nitrogens is 1. The van der Waals surface area contributed by atoms with E-state index in [0.29, 0.717) is 5.56 Å². The van der Waals surface area contributed by atoms with Gasteiger partial charge >= 0.3 is 0 Å². The summed E-state index contributed by atoms with van der Waals surface area (Å²) in [5, 5.41) is 4.80. The van der Waals surface area contributed by atoms with Crippen molar-refractivity contribution in [3.8, 4) is 0 Å². The number of halogens is 1. The largest absolute Gasteiger partial charge is 0.355 e. The van der Waals surface area contributed by atoms with E-state index < -0.39 is 0 Å². The van der Waals surface area contributed by atoms with Crippen LogP contribution in [0.1, 0.15) is 23.2 Å². The zero-order valence-corrected chi connectivity index (χ0v) is 13.2. The topological polar surface area (TPSA) is 45.2 Å². The molecule has 0 spiro atoms. The van der Waals surface area contributed by atoms with Crippen molar-refractivity contribution in [2.75, 3.05) is 23.3 Å². The Hall–Kier alpha value is -1.40. The zero-order valence-electron chi connectivity index (χ0n) is 10.8. The Morgan fingerprint density at radius 3 is 2.90 bits per heavy atom. The van der Waals surface area contributed by atoms with E-state index in [1.807, 2.05) is 23.6 Å². The van der Waals surface area contributed by atoms with Crippen molar-refractivity contribution in [2.45, 2.75) is 12.8 Å². The second kappa shape index (κ2) is 5.93. The minimum Gasteiger partial charge on any atom is -0.355 e. The van der Waals surface area contributed by atoms with Gasteiger partial charge in [0.05, 0.1) is 15.0 Å². The summed E-state index contributed by atoms with van der Waals surface area (Å²) in [4.78, 5) is 18.9. The number of hydrogen-bond acceptors (Lipinski definition) is 4. The second-order valence-corrected chi connectivity index (χ2v) is 6.95. The number of amides is 1. The summed E-state index contributed by atoms with van der Waals surface area (Å²) < 4.78 is 0.952. The van der Waals surface area contributed by atoms with Crippen LogP contribution in [0.25, 0.3) is 0 Å². The molecule has 0 aromatic carbocycles. The van der Waals surface area contributed by atoms with Crippen LogP contribution in [-0.4, -0.2) is 24.0 Å². The monoisotopic (exact) mass is 351 g/mol. The third-order valence-electron chi connectivity index (χ3n) is 3.27. The molecule has 1 N–H and O–H groups in total. The minimum atomic E-state index is -0.0969. The minimum absolute atomic E-state index is 0.0969. The molecule has 1 aliphatic rings. The lowest BCUT2D eigenvalue weighted by Crippen LogP contribution is -2.22. The van der Waals surface area contributed by atoms with Crippen LogP contribution in [-0.2, 0) is 0 Å². The number of carbonyl (C=O) groups is 1. The van der Waals surface area contributed by atoms with Gasteiger partial charge in [0.2, 0.25) is 0 Å². The van der Waals surface area contributed by atoms with Gasteiger partial charge in [-0.3, -0.25) is 4.79 Å². The van der Waals surface area contributed by atoms with Gasteiger partial charge in [0.15, 0.2) is 5.82 Å². The van der Waals surface area contributed by atoms with Gasteiger partial charge < -0.3 is 10.2 Å². The third-order valence-corrected chi connectivity index (χ3v) is 4.77. The molecule has 1 fully saturated rings. The van der Waals surface area contributed by atoms with E-state index >= 15 is 0 Å². The number of nitrogens with one attached hydrogen (secondary N) is 1. The highest BCUT2D eigenvalue weighted by molar-refractivity contribution is 9.11. The predicted octanol–water partition coefficient (Wildman–Crippen LogP) is 3.76. The zero-order chi connectivity index (χ0) is 13.9. The highest BCUT2D eigenvalue weighted by Gasteiger charge is 2.18. The SMILES string of the molecule is O=C(Nc1cccnc1N1CCCC1)c1csc(Br)c1. The first-order valence-electron chi connectivity index (χ1n) is 6.49. The maximum Gasteiger partial charge on any atom is 0.256 e. The lowest BCUT2D eigenvalue weighted by Gasteiger charge is -2.19. The first-order valence-corrected chi connectivity index (χ1v) is 8.16. The number of carbonyl (C=O) groups excluding carboxylic acids is 1. The Morgan fingerprint density at radius 1 is 1.40 bits per heavy atom. The lowest BCUT2D eigenvalue weighted by atomic mass is 10.3. The van der Waals surface area contributed by atoms with Crippen molar-refractivity contribution in [1.29, 1.82) is 0 Å².